The van der Waals surface area contributed by atoms with Crippen LogP contribution in [0.4, 0.5) is 0 Å². The van der Waals surface area contributed by atoms with E-state index in [0.29, 0.717) is 17.6 Å². The summed E-state index contributed by atoms with van der Waals surface area (Å²) >= 11 is 12.1. The molecule has 0 aliphatic heterocycles. The molecule has 1 aromatic carbocycles. The van der Waals surface area contributed by atoms with Crippen LogP contribution in [0.15, 0.2) is 18.2 Å². The molecule has 1 fully saturated rings. The maximum Gasteiger partial charge on any atom is 0.0558 e. The molecule has 1 N–H and O–H groups in total. The van der Waals surface area contributed by atoms with Gasteiger partial charge in [-0.2, -0.15) is 0 Å². The molecule has 94 valence electrons. The van der Waals surface area contributed by atoms with Crippen LogP contribution in [0.25, 0.3) is 0 Å². The van der Waals surface area contributed by atoms with Crippen molar-refractivity contribution in [2.45, 2.75) is 31.8 Å². The smallest absolute Gasteiger partial charge is 0.0558 e. The van der Waals surface area contributed by atoms with Crippen LogP contribution in [0, 0.1) is 0 Å². The summed E-state index contributed by atoms with van der Waals surface area (Å²) in [6.07, 6.45) is 3.73. The third kappa shape index (κ3) is 3.35. The van der Waals surface area contributed by atoms with E-state index in [1.165, 1.54) is 19.3 Å². The molecule has 1 saturated carbocycles. The highest BCUT2D eigenvalue weighted by atomic mass is 35.5. The predicted octanol–water partition coefficient (Wildman–Crippen LogP) is 3.34. The summed E-state index contributed by atoms with van der Waals surface area (Å²) in [5.74, 6) is 0. The van der Waals surface area contributed by atoms with Gasteiger partial charge in [0.1, 0.15) is 0 Å². The van der Waals surface area contributed by atoms with E-state index in [9.17, 15) is 0 Å². The SMILES string of the molecule is OCCN(Cc1cc(Cl)ccc1Cl)C1CCC1. The second kappa shape index (κ2) is 6.05. The van der Waals surface area contributed by atoms with Gasteiger partial charge in [0.15, 0.2) is 0 Å². The van der Waals surface area contributed by atoms with Gasteiger partial charge < -0.3 is 5.11 Å². The normalized spacial score (nSPS) is 16.2. The van der Waals surface area contributed by atoms with Crippen LogP contribution < -0.4 is 0 Å². The Bertz CT molecular complexity index is 380. The summed E-state index contributed by atoms with van der Waals surface area (Å²) in [5.41, 5.74) is 1.04. The minimum absolute atomic E-state index is 0.189. The number of aliphatic hydroxyl groups is 1. The molecule has 0 radical (unpaired) electrons. The van der Waals surface area contributed by atoms with Crippen molar-refractivity contribution in [3.8, 4) is 0 Å². The van der Waals surface area contributed by atoms with Gasteiger partial charge in [0.05, 0.1) is 6.61 Å². The first-order valence-corrected chi connectivity index (χ1v) is 6.75. The van der Waals surface area contributed by atoms with Gasteiger partial charge >= 0.3 is 0 Å². The van der Waals surface area contributed by atoms with Crippen molar-refractivity contribution in [3.05, 3.63) is 33.8 Å². The fraction of sp³-hybridized carbons (Fsp3) is 0.538. The molecule has 0 aromatic heterocycles. The number of hydrogen-bond acceptors (Lipinski definition) is 2. The van der Waals surface area contributed by atoms with E-state index < -0.39 is 0 Å². The minimum Gasteiger partial charge on any atom is -0.395 e. The third-order valence-corrected chi connectivity index (χ3v) is 3.96. The number of aliphatic hydroxyl groups excluding tert-OH is 1. The average Bonchev–Trinajstić information content (AvgIpc) is 2.21. The fourth-order valence-corrected chi connectivity index (χ4v) is 2.53. The maximum absolute atomic E-state index is 9.11. The van der Waals surface area contributed by atoms with Crippen LogP contribution in [-0.4, -0.2) is 29.2 Å². The molecule has 2 nitrogen and oxygen atoms in total. The first-order chi connectivity index (χ1) is 8.20. The zero-order chi connectivity index (χ0) is 12.3. The Labute approximate surface area is 112 Å². The first-order valence-electron chi connectivity index (χ1n) is 5.99. The van der Waals surface area contributed by atoms with Crippen molar-refractivity contribution in [3.63, 3.8) is 0 Å². The lowest BCUT2D eigenvalue weighted by Gasteiger charge is -2.37. The number of halogens is 2. The van der Waals surface area contributed by atoms with Gasteiger partial charge in [-0.05, 0) is 36.6 Å². The lowest BCUT2D eigenvalue weighted by molar-refractivity contribution is 0.0946. The topological polar surface area (TPSA) is 23.5 Å². The molecule has 0 unspecified atom stereocenters. The number of nitrogens with zero attached hydrogens (tertiary/aromatic N) is 1. The van der Waals surface area contributed by atoms with Crippen molar-refractivity contribution < 1.29 is 5.11 Å². The highest BCUT2D eigenvalue weighted by Gasteiger charge is 2.24. The zero-order valence-corrected chi connectivity index (χ0v) is 11.2. The van der Waals surface area contributed by atoms with Crippen molar-refractivity contribution in [2.75, 3.05) is 13.2 Å². The molecular weight excluding hydrogens is 257 g/mol. The van der Waals surface area contributed by atoms with Gasteiger partial charge in [-0.25, -0.2) is 0 Å². The molecular formula is C13H17Cl2NO. The Balaban J connectivity index is 2.07. The Hall–Kier alpha value is -0.280. The van der Waals surface area contributed by atoms with Gasteiger partial charge in [0, 0.05) is 29.2 Å². The highest BCUT2D eigenvalue weighted by Crippen LogP contribution is 2.28. The van der Waals surface area contributed by atoms with Gasteiger partial charge in [-0.15, -0.1) is 0 Å². The highest BCUT2D eigenvalue weighted by molar-refractivity contribution is 6.33. The molecule has 0 amide bonds. The van der Waals surface area contributed by atoms with Gasteiger partial charge in [0.25, 0.3) is 0 Å². The van der Waals surface area contributed by atoms with E-state index in [1.54, 1.807) is 6.07 Å². The molecule has 0 bridgehead atoms. The third-order valence-electron chi connectivity index (χ3n) is 3.36. The summed E-state index contributed by atoms with van der Waals surface area (Å²) in [5, 5.41) is 10.6. The minimum atomic E-state index is 0.189. The van der Waals surface area contributed by atoms with Crippen molar-refractivity contribution in [1.29, 1.82) is 0 Å². The van der Waals surface area contributed by atoms with Gasteiger partial charge in [0.2, 0.25) is 0 Å². The summed E-state index contributed by atoms with van der Waals surface area (Å²) in [6, 6.07) is 6.13. The van der Waals surface area contributed by atoms with Crippen LogP contribution >= 0.6 is 23.2 Å². The Morgan fingerprint density at radius 1 is 1.29 bits per heavy atom. The van der Waals surface area contributed by atoms with Crippen LogP contribution in [0.3, 0.4) is 0 Å². The molecule has 2 rings (SSSR count). The average molecular weight is 274 g/mol. The van der Waals surface area contributed by atoms with Crippen LogP contribution in [-0.2, 0) is 6.54 Å². The molecule has 4 heteroatoms. The standard InChI is InChI=1S/C13H17Cl2NO/c14-11-4-5-13(15)10(8-11)9-16(6-7-17)12-2-1-3-12/h4-5,8,12,17H,1-3,6-7,9H2. The summed E-state index contributed by atoms with van der Waals surface area (Å²) < 4.78 is 0. The molecule has 1 aromatic rings. The fourth-order valence-electron chi connectivity index (χ4n) is 2.15. The monoisotopic (exact) mass is 273 g/mol. The summed E-state index contributed by atoms with van der Waals surface area (Å²) in [7, 11) is 0. The number of rotatable bonds is 5. The number of hydrogen-bond donors (Lipinski definition) is 1. The van der Waals surface area contributed by atoms with Gasteiger partial charge in [-0.3, -0.25) is 4.90 Å². The molecule has 1 aliphatic rings. The van der Waals surface area contributed by atoms with Crippen molar-refractivity contribution in [2.24, 2.45) is 0 Å². The van der Waals surface area contributed by atoms with Crippen molar-refractivity contribution in [1.82, 2.24) is 4.90 Å². The predicted molar refractivity (Wildman–Crippen MR) is 71.6 cm³/mol. The Kier molecular flexibility index (Phi) is 4.69. The second-order valence-corrected chi connectivity index (χ2v) is 5.36. The van der Waals surface area contributed by atoms with Crippen LogP contribution in [0.2, 0.25) is 10.0 Å². The summed E-state index contributed by atoms with van der Waals surface area (Å²) in [4.78, 5) is 2.29. The van der Waals surface area contributed by atoms with Gasteiger partial charge in [-0.1, -0.05) is 29.6 Å². The number of benzene rings is 1. The first kappa shape index (κ1) is 13.2. The Morgan fingerprint density at radius 2 is 2.06 bits per heavy atom. The van der Waals surface area contributed by atoms with E-state index in [2.05, 4.69) is 4.90 Å². The van der Waals surface area contributed by atoms with E-state index in [4.69, 9.17) is 28.3 Å². The zero-order valence-electron chi connectivity index (χ0n) is 9.70. The van der Waals surface area contributed by atoms with Crippen LogP contribution in [0.1, 0.15) is 24.8 Å². The molecule has 1 aliphatic carbocycles. The van der Waals surface area contributed by atoms with Crippen LogP contribution in [0.5, 0.6) is 0 Å². The molecule has 0 heterocycles. The second-order valence-electron chi connectivity index (χ2n) is 4.51. The van der Waals surface area contributed by atoms with E-state index in [0.717, 1.165) is 17.1 Å². The summed E-state index contributed by atoms with van der Waals surface area (Å²) in [6.45, 7) is 1.66. The molecule has 0 spiro atoms. The quantitative estimate of drug-likeness (QED) is 0.890. The lowest BCUT2D eigenvalue weighted by Crippen LogP contribution is -2.41. The Morgan fingerprint density at radius 3 is 2.65 bits per heavy atom. The lowest BCUT2D eigenvalue weighted by atomic mass is 9.91. The molecule has 17 heavy (non-hydrogen) atoms. The van der Waals surface area contributed by atoms with Crippen molar-refractivity contribution >= 4 is 23.2 Å². The largest absolute Gasteiger partial charge is 0.395 e. The van der Waals surface area contributed by atoms with E-state index >= 15 is 0 Å². The molecule has 0 saturated heterocycles. The molecule has 0 atom stereocenters. The van der Waals surface area contributed by atoms with E-state index in [-0.39, 0.29) is 6.61 Å². The van der Waals surface area contributed by atoms with E-state index in [1.807, 2.05) is 12.1 Å². The maximum atomic E-state index is 9.11.